The number of nitrogens with zero attached hydrogens (tertiary/aromatic N) is 4. The number of aromatic nitrogens is 2. The van der Waals surface area contributed by atoms with E-state index in [4.69, 9.17) is 0 Å². The fourth-order valence-corrected chi connectivity index (χ4v) is 5.21. The number of piperidine rings is 1. The second kappa shape index (κ2) is 8.93. The van der Waals surface area contributed by atoms with Crippen LogP contribution in [-0.2, 0) is 17.9 Å². The van der Waals surface area contributed by atoms with Gasteiger partial charge in [-0.3, -0.25) is 9.69 Å². The van der Waals surface area contributed by atoms with E-state index in [-0.39, 0.29) is 5.41 Å². The van der Waals surface area contributed by atoms with E-state index in [1.807, 2.05) is 13.1 Å². The summed E-state index contributed by atoms with van der Waals surface area (Å²) in [7, 11) is 0. The lowest BCUT2D eigenvalue weighted by Crippen LogP contribution is -2.45. The van der Waals surface area contributed by atoms with Crippen LogP contribution in [0.2, 0.25) is 0 Å². The lowest BCUT2D eigenvalue weighted by molar-refractivity contribution is -0.131. The van der Waals surface area contributed by atoms with Gasteiger partial charge in [0.25, 0.3) is 0 Å². The average Bonchev–Trinajstić information content (AvgIpc) is 3.33. The molecular weight excluding hydrogens is 372 g/mol. The van der Waals surface area contributed by atoms with Crippen molar-refractivity contribution in [1.82, 2.24) is 19.4 Å². The van der Waals surface area contributed by atoms with E-state index in [0.29, 0.717) is 18.2 Å². The molecule has 30 heavy (non-hydrogen) atoms. The highest BCUT2D eigenvalue weighted by molar-refractivity contribution is 5.76. The van der Waals surface area contributed by atoms with Crippen molar-refractivity contribution in [2.24, 2.45) is 5.41 Å². The third-order valence-electron chi connectivity index (χ3n) is 7.07. The Labute approximate surface area is 181 Å². The molecule has 3 heterocycles. The van der Waals surface area contributed by atoms with E-state index in [0.717, 1.165) is 45.0 Å². The van der Waals surface area contributed by atoms with E-state index in [2.05, 4.69) is 57.5 Å². The fourth-order valence-electron chi connectivity index (χ4n) is 5.21. The molecule has 5 nitrogen and oxygen atoms in total. The third-order valence-corrected chi connectivity index (χ3v) is 7.07. The molecule has 2 aliphatic heterocycles. The highest BCUT2D eigenvalue weighted by atomic mass is 16.2. The molecule has 2 aromatic rings. The predicted octanol–water partition coefficient (Wildman–Crippen LogP) is 4.22. The molecule has 0 N–H and O–H groups in total. The minimum Gasteiger partial charge on any atom is -0.342 e. The summed E-state index contributed by atoms with van der Waals surface area (Å²) in [5, 5.41) is 0. The first-order valence-electron chi connectivity index (χ1n) is 11.5. The molecule has 1 amide bonds. The second-order valence-electron chi connectivity index (χ2n) is 9.69. The number of carbonyl (C=O) groups excluding carboxylic acids is 1. The Bertz CT molecular complexity index is 856. The fraction of sp³-hybridized carbons (Fsp3) is 0.600. The largest absolute Gasteiger partial charge is 0.342 e. The Balaban J connectivity index is 1.31. The molecule has 2 fully saturated rings. The van der Waals surface area contributed by atoms with Crippen LogP contribution in [0.15, 0.2) is 36.7 Å². The molecule has 0 aliphatic carbocycles. The zero-order valence-electron chi connectivity index (χ0n) is 18.8. The summed E-state index contributed by atoms with van der Waals surface area (Å²) in [5.74, 6) is 1.85. The van der Waals surface area contributed by atoms with Gasteiger partial charge in [-0.2, -0.15) is 0 Å². The maximum Gasteiger partial charge on any atom is 0.224 e. The van der Waals surface area contributed by atoms with Gasteiger partial charge in [-0.1, -0.05) is 38.1 Å². The number of rotatable bonds is 6. The van der Waals surface area contributed by atoms with Crippen molar-refractivity contribution in [3.05, 3.63) is 53.6 Å². The zero-order chi connectivity index (χ0) is 21.1. The first-order chi connectivity index (χ1) is 14.4. The van der Waals surface area contributed by atoms with Crippen LogP contribution in [0.3, 0.4) is 0 Å². The first kappa shape index (κ1) is 21.1. The second-order valence-corrected chi connectivity index (χ2v) is 9.69. The molecule has 162 valence electrons. The molecular formula is C25H36N4O. The quantitative estimate of drug-likeness (QED) is 0.719. The summed E-state index contributed by atoms with van der Waals surface area (Å²) in [4.78, 5) is 21.8. The third kappa shape index (κ3) is 4.77. The molecule has 1 aromatic heterocycles. The average molecular weight is 409 g/mol. The highest BCUT2D eigenvalue weighted by Crippen LogP contribution is 2.39. The van der Waals surface area contributed by atoms with Crippen LogP contribution >= 0.6 is 0 Å². The van der Waals surface area contributed by atoms with Crippen molar-refractivity contribution in [2.75, 3.05) is 26.2 Å². The van der Waals surface area contributed by atoms with E-state index >= 15 is 0 Å². The molecule has 0 bridgehead atoms. The number of hydrogen-bond donors (Lipinski definition) is 0. The Morgan fingerprint density at radius 1 is 1.13 bits per heavy atom. The topological polar surface area (TPSA) is 41.4 Å². The number of benzene rings is 1. The molecule has 1 spiro atoms. The smallest absolute Gasteiger partial charge is 0.224 e. The van der Waals surface area contributed by atoms with Crippen LogP contribution in [0.25, 0.3) is 0 Å². The Morgan fingerprint density at radius 3 is 2.63 bits per heavy atom. The maximum atomic E-state index is 12.8. The summed E-state index contributed by atoms with van der Waals surface area (Å²) in [6, 6.07) is 9.13. The number of likely N-dealkylation sites (tertiary alicyclic amines) is 2. The SMILES string of the molecule is Cc1nccn1CCC(=O)N1CC[C@]2(CCCN(Cc3ccc(C(C)C)cc3)C2)C1. The summed E-state index contributed by atoms with van der Waals surface area (Å²) >= 11 is 0. The predicted molar refractivity (Wildman–Crippen MR) is 120 cm³/mol. The molecule has 0 saturated carbocycles. The number of amides is 1. The number of carbonyl (C=O) groups is 1. The van der Waals surface area contributed by atoms with Crippen LogP contribution in [0, 0.1) is 12.3 Å². The van der Waals surface area contributed by atoms with Crippen molar-refractivity contribution < 1.29 is 4.79 Å². The molecule has 1 atom stereocenters. The highest BCUT2D eigenvalue weighted by Gasteiger charge is 2.42. The summed E-state index contributed by atoms with van der Waals surface area (Å²) in [6.07, 6.45) is 7.96. The summed E-state index contributed by atoms with van der Waals surface area (Å²) in [5.41, 5.74) is 3.10. The van der Waals surface area contributed by atoms with Gasteiger partial charge in [0.1, 0.15) is 5.82 Å². The normalized spacial score (nSPS) is 22.3. The number of imidazole rings is 1. The van der Waals surface area contributed by atoms with E-state index < -0.39 is 0 Å². The van der Waals surface area contributed by atoms with Gasteiger partial charge in [0.05, 0.1) is 0 Å². The first-order valence-corrected chi connectivity index (χ1v) is 11.5. The molecule has 2 saturated heterocycles. The van der Waals surface area contributed by atoms with Gasteiger partial charge >= 0.3 is 0 Å². The number of aryl methyl sites for hydroxylation is 2. The van der Waals surface area contributed by atoms with Crippen molar-refractivity contribution in [3.8, 4) is 0 Å². The van der Waals surface area contributed by atoms with Gasteiger partial charge in [-0.25, -0.2) is 4.98 Å². The minimum atomic E-state index is 0.288. The maximum absolute atomic E-state index is 12.8. The lowest BCUT2D eigenvalue weighted by Gasteiger charge is -2.40. The van der Waals surface area contributed by atoms with Crippen LogP contribution in [0.5, 0.6) is 0 Å². The van der Waals surface area contributed by atoms with E-state index in [1.54, 1.807) is 6.20 Å². The summed E-state index contributed by atoms with van der Waals surface area (Å²) in [6.45, 7) is 12.4. The Morgan fingerprint density at radius 2 is 1.93 bits per heavy atom. The zero-order valence-corrected chi connectivity index (χ0v) is 18.8. The van der Waals surface area contributed by atoms with Crippen molar-refractivity contribution in [3.63, 3.8) is 0 Å². The van der Waals surface area contributed by atoms with Crippen LogP contribution in [0.4, 0.5) is 0 Å². The van der Waals surface area contributed by atoms with Crippen LogP contribution in [-0.4, -0.2) is 51.4 Å². The van der Waals surface area contributed by atoms with E-state index in [9.17, 15) is 4.79 Å². The molecule has 1 aromatic carbocycles. The summed E-state index contributed by atoms with van der Waals surface area (Å²) < 4.78 is 2.07. The molecule has 2 aliphatic rings. The molecule has 0 radical (unpaired) electrons. The number of hydrogen-bond acceptors (Lipinski definition) is 3. The monoisotopic (exact) mass is 408 g/mol. The lowest BCUT2D eigenvalue weighted by atomic mass is 9.79. The standard InChI is InChI=1S/C25H36N4O/c1-20(2)23-7-5-22(6-8-23)17-27-13-4-10-25(18-27)11-15-29(19-25)24(30)9-14-28-16-12-26-21(28)3/h5-8,12,16,20H,4,9-11,13-15,17-19H2,1-3H3/t25-/m0/s1. The Hall–Kier alpha value is -2.14. The van der Waals surface area contributed by atoms with Gasteiger partial charge in [0, 0.05) is 57.0 Å². The van der Waals surface area contributed by atoms with Gasteiger partial charge < -0.3 is 9.47 Å². The van der Waals surface area contributed by atoms with Gasteiger partial charge in [-0.05, 0) is 49.8 Å². The van der Waals surface area contributed by atoms with Crippen LogP contribution < -0.4 is 0 Å². The molecule has 0 unspecified atom stereocenters. The van der Waals surface area contributed by atoms with Crippen LogP contribution in [0.1, 0.15) is 62.4 Å². The molecule has 4 rings (SSSR count). The van der Waals surface area contributed by atoms with Crippen molar-refractivity contribution in [2.45, 2.75) is 65.5 Å². The van der Waals surface area contributed by atoms with E-state index in [1.165, 1.54) is 30.5 Å². The van der Waals surface area contributed by atoms with Crippen molar-refractivity contribution in [1.29, 1.82) is 0 Å². The van der Waals surface area contributed by atoms with Gasteiger partial charge in [0.2, 0.25) is 5.91 Å². The van der Waals surface area contributed by atoms with Crippen molar-refractivity contribution >= 4 is 5.91 Å². The molecule has 5 heteroatoms. The van der Waals surface area contributed by atoms with Gasteiger partial charge in [0.15, 0.2) is 0 Å². The Kier molecular flexibility index (Phi) is 6.28. The van der Waals surface area contributed by atoms with Gasteiger partial charge in [-0.15, -0.1) is 0 Å². The minimum absolute atomic E-state index is 0.288.